The number of hydrogen-bond acceptors (Lipinski definition) is 3. The topological polar surface area (TPSA) is 26.3 Å². The SMILES string of the molecule is O=C(OC1CCc2ccccc2C1)c1ccsc1. The van der Waals surface area contributed by atoms with Crippen LogP contribution in [0.5, 0.6) is 0 Å². The van der Waals surface area contributed by atoms with Crippen LogP contribution >= 0.6 is 11.3 Å². The molecule has 0 saturated heterocycles. The summed E-state index contributed by atoms with van der Waals surface area (Å²) in [4.78, 5) is 11.9. The van der Waals surface area contributed by atoms with E-state index in [9.17, 15) is 4.79 Å². The molecule has 1 unspecified atom stereocenters. The molecular weight excluding hydrogens is 244 g/mol. The van der Waals surface area contributed by atoms with Gasteiger partial charge in [-0.15, -0.1) is 0 Å². The molecule has 0 aliphatic heterocycles. The molecule has 0 N–H and O–H groups in total. The number of esters is 1. The van der Waals surface area contributed by atoms with E-state index in [1.54, 1.807) is 0 Å². The maximum Gasteiger partial charge on any atom is 0.339 e. The lowest BCUT2D eigenvalue weighted by molar-refractivity contribution is 0.0271. The Balaban J connectivity index is 1.68. The van der Waals surface area contributed by atoms with Crippen molar-refractivity contribution in [1.29, 1.82) is 0 Å². The summed E-state index contributed by atoms with van der Waals surface area (Å²) in [6.45, 7) is 0. The van der Waals surface area contributed by atoms with Gasteiger partial charge in [0, 0.05) is 11.8 Å². The first-order valence-corrected chi connectivity index (χ1v) is 7.07. The number of rotatable bonds is 2. The second kappa shape index (κ2) is 4.94. The zero-order valence-electron chi connectivity index (χ0n) is 9.96. The highest BCUT2D eigenvalue weighted by molar-refractivity contribution is 7.08. The van der Waals surface area contributed by atoms with Crippen LogP contribution in [0.4, 0.5) is 0 Å². The van der Waals surface area contributed by atoms with Crippen LogP contribution in [0, 0.1) is 0 Å². The van der Waals surface area contributed by atoms with E-state index in [1.165, 1.54) is 22.5 Å². The normalized spacial score (nSPS) is 18.1. The Morgan fingerprint density at radius 3 is 2.83 bits per heavy atom. The van der Waals surface area contributed by atoms with Gasteiger partial charge < -0.3 is 4.74 Å². The number of ether oxygens (including phenoxy) is 1. The van der Waals surface area contributed by atoms with Crippen molar-refractivity contribution in [3.8, 4) is 0 Å². The van der Waals surface area contributed by atoms with Crippen LogP contribution in [-0.4, -0.2) is 12.1 Å². The van der Waals surface area contributed by atoms with Crippen LogP contribution in [0.2, 0.25) is 0 Å². The molecule has 1 aliphatic rings. The van der Waals surface area contributed by atoms with Crippen LogP contribution < -0.4 is 0 Å². The Bertz CT molecular complexity index is 545. The van der Waals surface area contributed by atoms with E-state index in [0.717, 1.165) is 19.3 Å². The lowest BCUT2D eigenvalue weighted by atomic mass is 9.90. The molecule has 3 rings (SSSR count). The van der Waals surface area contributed by atoms with Gasteiger partial charge in [-0.1, -0.05) is 24.3 Å². The molecule has 1 aromatic carbocycles. The van der Waals surface area contributed by atoms with E-state index in [0.29, 0.717) is 5.56 Å². The van der Waals surface area contributed by atoms with Crippen molar-refractivity contribution in [2.45, 2.75) is 25.4 Å². The van der Waals surface area contributed by atoms with Gasteiger partial charge in [0.1, 0.15) is 6.10 Å². The molecule has 0 fully saturated rings. The van der Waals surface area contributed by atoms with Crippen LogP contribution in [-0.2, 0) is 17.6 Å². The summed E-state index contributed by atoms with van der Waals surface area (Å²) in [7, 11) is 0. The molecule has 92 valence electrons. The van der Waals surface area contributed by atoms with Gasteiger partial charge in [0.2, 0.25) is 0 Å². The smallest absolute Gasteiger partial charge is 0.339 e. The van der Waals surface area contributed by atoms with Gasteiger partial charge in [0.05, 0.1) is 5.56 Å². The monoisotopic (exact) mass is 258 g/mol. The first kappa shape index (κ1) is 11.5. The summed E-state index contributed by atoms with van der Waals surface area (Å²) in [5.41, 5.74) is 3.37. The molecule has 0 saturated carbocycles. The summed E-state index contributed by atoms with van der Waals surface area (Å²) < 4.78 is 5.56. The number of carbonyl (C=O) groups is 1. The minimum absolute atomic E-state index is 0.0206. The zero-order chi connectivity index (χ0) is 12.4. The summed E-state index contributed by atoms with van der Waals surface area (Å²) >= 11 is 1.52. The Hall–Kier alpha value is -1.61. The molecule has 2 aromatic rings. The molecule has 3 heteroatoms. The van der Waals surface area contributed by atoms with Crippen LogP contribution in [0.25, 0.3) is 0 Å². The first-order chi connectivity index (χ1) is 8.83. The Labute approximate surface area is 110 Å². The minimum atomic E-state index is -0.194. The fourth-order valence-electron chi connectivity index (χ4n) is 2.36. The Morgan fingerprint density at radius 2 is 2.06 bits per heavy atom. The van der Waals surface area contributed by atoms with E-state index in [2.05, 4.69) is 18.2 Å². The molecule has 0 bridgehead atoms. The Kier molecular flexibility index (Phi) is 3.15. The largest absolute Gasteiger partial charge is 0.458 e. The third kappa shape index (κ3) is 2.31. The van der Waals surface area contributed by atoms with Crippen molar-refractivity contribution in [3.05, 3.63) is 57.8 Å². The number of thiophene rings is 1. The first-order valence-electron chi connectivity index (χ1n) is 6.13. The predicted molar refractivity (Wildman–Crippen MR) is 72.0 cm³/mol. The van der Waals surface area contributed by atoms with Gasteiger partial charge in [-0.3, -0.25) is 0 Å². The molecule has 1 atom stereocenters. The summed E-state index contributed by atoms with van der Waals surface area (Å²) in [5.74, 6) is -0.194. The van der Waals surface area contributed by atoms with Crippen molar-refractivity contribution in [1.82, 2.24) is 0 Å². The Morgan fingerprint density at radius 1 is 1.22 bits per heavy atom. The van der Waals surface area contributed by atoms with Crippen molar-refractivity contribution in [2.75, 3.05) is 0 Å². The van der Waals surface area contributed by atoms with E-state index < -0.39 is 0 Å². The molecule has 2 nitrogen and oxygen atoms in total. The number of carbonyl (C=O) groups excluding carboxylic acids is 1. The maximum atomic E-state index is 11.9. The zero-order valence-corrected chi connectivity index (χ0v) is 10.8. The fraction of sp³-hybridized carbons (Fsp3) is 0.267. The van der Waals surface area contributed by atoms with Crippen molar-refractivity contribution >= 4 is 17.3 Å². The summed E-state index contributed by atoms with van der Waals surface area (Å²) in [5, 5.41) is 3.73. The van der Waals surface area contributed by atoms with Gasteiger partial charge in [0.25, 0.3) is 0 Å². The van der Waals surface area contributed by atoms with Gasteiger partial charge in [-0.25, -0.2) is 4.79 Å². The van der Waals surface area contributed by atoms with Crippen molar-refractivity contribution < 1.29 is 9.53 Å². The second-order valence-electron chi connectivity index (χ2n) is 4.55. The summed E-state index contributed by atoms with van der Waals surface area (Å²) in [6, 6.07) is 10.2. The highest BCUT2D eigenvalue weighted by Crippen LogP contribution is 2.23. The molecule has 1 heterocycles. The quantitative estimate of drug-likeness (QED) is 0.771. The van der Waals surface area contributed by atoms with Gasteiger partial charge >= 0.3 is 5.97 Å². The second-order valence-corrected chi connectivity index (χ2v) is 5.33. The standard InChI is InChI=1S/C15H14O2S/c16-15(13-7-8-18-10-13)17-14-6-5-11-3-1-2-4-12(11)9-14/h1-4,7-8,10,14H,5-6,9H2. The minimum Gasteiger partial charge on any atom is -0.458 e. The third-order valence-electron chi connectivity index (χ3n) is 3.33. The fourth-order valence-corrected chi connectivity index (χ4v) is 2.99. The highest BCUT2D eigenvalue weighted by atomic mass is 32.1. The molecule has 18 heavy (non-hydrogen) atoms. The third-order valence-corrected chi connectivity index (χ3v) is 4.02. The van der Waals surface area contributed by atoms with Crippen molar-refractivity contribution in [3.63, 3.8) is 0 Å². The van der Waals surface area contributed by atoms with Gasteiger partial charge in [-0.05, 0) is 35.4 Å². The average molecular weight is 258 g/mol. The molecule has 1 aliphatic carbocycles. The molecule has 0 amide bonds. The van der Waals surface area contributed by atoms with Crippen LogP contribution in [0.1, 0.15) is 27.9 Å². The lowest BCUT2D eigenvalue weighted by Crippen LogP contribution is -2.25. The molecule has 0 spiro atoms. The number of fused-ring (bicyclic) bond motifs is 1. The number of aryl methyl sites for hydroxylation is 1. The maximum absolute atomic E-state index is 11.9. The molecule has 1 aromatic heterocycles. The van der Waals surface area contributed by atoms with E-state index in [-0.39, 0.29) is 12.1 Å². The molecular formula is C15H14O2S. The summed E-state index contributed by atoms with van der Waals surface area (Å²) in [6.07, 6.45) is 2.78. The predicted octanol–water partition coefficient (Wildman–Crippen LogP) is 3.46. The highest BCUT2D eigenvalue weighted by Gasteiger charge is 2.22. The average Bonchev–Trinajstić information content (AvgIpc) is 2.92. The number of hydrogen-bond donors (Lipinski definition) is 0. The van der Waals surface area contributed by atoms with Gasteiger partial charge in [-0.2, -0.15) is 11.3 Å². The van der Waals surface area contributed by atoms with Crippen molar-refractivity contribution in [2.24, 2.45) is 0 Å². The molecule has 0 radical (unpaired) electrons. The van der Waals surface area contributed by atoms with E-state index in [4.69, 9.17) is 4.74 Å². The lowest BCUT2D eigenvalue weighted by Gasteiger charge is -2.24. The number of benzene rings is 1. The van der Waals surface area contributed by atoms with E-state index >= 15 is 0 Å². The van der Waals surface area contributed by atoms with E-state index in [1.807, 2.05) is 22.9 Å². The van der Waals surface area contributed by atoms with Crippen LogP contribution in [0.3, 0.4) is 0 Å². The van der Waals surface area contributed by atoms with Gasteiger partial charge in [0.15, 0.2) is 0 Å². The van der Waals surface area contributed by atoms with Crippen LogP contribution in [0.15, 0.2) is 41.1 Å².